The molecular weight excluding hydrogens is 362 g/mol. The molecule has 0 unspecified atom stereocenters. The number of unbranched alkanes of at least 4 members (excludes halogenated alkanes) is 4. The quantitative estimate of drug-likeness (QED) is 0.531. The minimum atomic E-state index is -0.759. The van der Waals surface area contributed by atoms with Crippen LogP contribution in [0.25, 0.3) is 0 Å². The Hall–Kier alpha value is -3.29. The lowest BCUT2D eigenvalue weighted by molar-refractivity contribution is -0.138. The van der Waals surface area contributed by atoms with Crippen LogP contribution in [-0.4, -0.2) is 38.0 Å². The highest BCUT2D eigenvalue weighted by Crippen LogP contribution is 2.07. The third-order valence-electron chi connectivity index (χ3n) is 3.63. The largest absolute Gasteiger partial charge is 0.481 e. The molecule has 1 amide bonds. The van der Waals surface area contributed by atoms with Crippen molar-refractivity contribution in [2.24, 2.45) is 0 Å². The maximum absolute atomic E-state index is 11.6. The zero-order valence-corrected chi connectivity index (χ0v) is 15.6. The number of nitrogens with one attached hydrogen (secondary N) is 1. The fraction of sp³-hybridized carbons (Fsp3) is 0.350. The number of carboxylic acids is 2. The van der Waals surface area contributed by atoms with Gasteiger partial charge < -0.3 is 15.5 Å². The van der Waals surface area contributed by atoms with Crippen LogP contribution in [0.5, 0.6) is 0 Å². The number of aliphatic carboxylic acids is 2. The number of amides is 1. The van der Waals surface area contributed by atoms with Gasteiger partial charge in [-0.05, 0) is 37.1 Å². The van der Waals surface area contributed by atoms with Crippen LogP contribution in [-0.2, 0) is 9.59 Å². The van der Waals surface area contributed by atoms with Crippen molar-refractivity contribution in [3.8, 4) is 0 Å². The fourth-order valence-electron chi connectivity index (χ4n) is 2.21. The molecule has 0 radical (unpaired) electrons. The Morgan fingerprint density at radius 3 is 1.86 bits per heavy atom. The summed E-state index contributed by atoms with van der Waals surface area (Å²) in [4.78, 5) is 39.7. The van der Waals surface area contributed by atoms with Gasteiger partial charge in [0.1, 0.15) is 5.82 Å². The second kappa shape index (κ2) is 13.9. The first-order valence-corrected chi connectivity index (χ1v) is 9.05. The highest BCUT2D eigenvalue weighted by atomic mass is 16.4. The number of aromatic nitrogens is 2. The molecule has 8 nitrogen and oxygen atoms in total. The molecule has 0 aliphatic carbocycles. The molecule has 0 saturated carbocycles. The van der Waals surface area contributed by atoms with E-state index in [1.807, 2.05) is 6.07 Å². The predicted octanol–water partition coefficient (Wildman–Crippen LogP) is 3.62. The summed E-state index contributed by atoms with van der Waals surface area (Å²) in [5, 5.41) is 19.3. The van der Waals surface area contributed by atoms with Gasteiger partial charge in [-0.25, -0.2) is 4.98 Å². The van der Waals surface area contributed by atoms with Gasteiger partial charge >= 0.3 is 11.9 Å². The SMILES string of the molecule is O=C(Nc1ccccn1)c1ccncc1.O=C(O)CCCCCCCC(=O)O. The van der Waals surface area contributed by atoms with E-state index in [0.717, 1.165) is 19.3 Å². The molecule has 3 N–H and O–H groups in total. The van der Waals surface area contributed by atoms with Gasteiger partial charge in [0.05, 0.1) is 0 Å². The van der Waals surface area contributed by atoms with E-state index in [9.17, 15) is 14.4 Å². The molecule has 0 bridgehead atoms. The van der Waals surface area contributed by atoms with Crippen molar-refractivity contribution in [1.82, 2.24) is 9.97 Å². The van der Waals surface area contributed by atoms with Gasteiger partial charge in [-0.15, -0.1) is 0 Å². The Balaban J connectivity index is 0.000000284. The van der Waals surface area contributed by atoms with E-state index in [1.165, 1.54) is 0 Å². The predicted molar refractivity (Wildman–Crippen MR) is 104 cm³/mol. The van der Waals surface area contributed by atoms with Crippen molar-refractivity contribution >= 4 is 23.7 Å². The van der Waals surface area contributed by atoms with E-state index in [4.69, 9.17) is 10.2 Å². The van der Waals surface area contributed by atoms with Crippen molar-refractivity contribution in [2.45, 2.75) is 44.9 Å². The average Bonchev–Trinajstić information content (AvgIpc) is 2.69. The number of anilines is 1. The highest BCUT2D eigenvalue weighted by Gasteiger charge is 2.04. The summed E-state index contributed by atoms with van der Waals surface area (Å²) >= 11 is 0. The van der Waals surface area contributed by atoms with Crippen molar-refractivity contribution < 1.29 is 24.6 Å². The van der Waals surface area contributed by atoms with Crippen LogP contribution in [0.4, 0.5) is 5.82 Å². The lowest BCUT2D eigenvalue weighted by Gasteiger charge is -2.02. The zero-order chi connectivity index (χ0) is 20.6. The first kappa shape index (κ1) is 22.8. The van der Waals surface area contributed by atoms with E-state index >= 15 is 0 Å². The number of carboxylic acid groups (broad SMARTS) is 2. The van der Waals surface area contributed by atoms with E-state index < -0.39 is 11.9 Å². The van der Waals surface area contributed by atoms with E-state index in [0.29, 0.717) is 24.2 Å². The standard InChI is InChI=1S/C11H9N3O.C9H16O4/c15-11(9-4-7-12-8-5-9)14-10-3-1-2-6-13-10;10-8(11)6-4-2-1-3-5-7-9(12)13/h1-8H,(H,13,14,15);1-7H2,(H,10,11)(H,12,13). The van der Waals surface area contributed by atoms with E-state index in [-0.39, 0.29) is 18.7 Å². The van der Waals surface area contributed by atoms with Gasteiger partial charge in [0.2, 0.25) is 0 Å². The van der Waals surface area contributed by atoms with E-state index in [2.05, 4.69) is 15.3 Å². The van der Waals surface area contributed by atoms with Crippen LogP contribution in [0.15, 0.2) is 48.9 Å². The van der Waals surface area contributed by atoms with Crippen LogP contribution in [0, 0.1) is 0 Å². The van der Waals surface area contributed by atoms with Gasteiger partial charge in [-0.2, -0.15) is 0 Å². The second-order valence-corrected chi connectivity index (χ2v) is 5.96. The van der Waals surface area contributed by atoms with Crippen LogP contribution >= 0.6 is 0 Å². The zero-order valence-electron chi connectivity index (χ0n) is 15.6. The molecule has 2 aromatic rings. The smallest absolute Gasteiger partial charge is 0.303 e. The van der Waals surface area contributed by atoms with Gasteiger partial charge in [0.15, 0.2) is 0 Å². The minimum absolute atomic E-state index is 0.184. The van der Waals surface area contributed by atoms with Gasteiger partial charge in [-0.3, -0.25) is 19.4 Å². The maximum Gasteiger partial charge on any atom is 0.303 e. The molecule has 150 valence electrons. The Morgan fingerprint density at radius 2 is 1.36 bits per heavy atom. The summed E-state index contributed by atoms with van der Waals surface area (Å²) in [6, 6.07) is 8.65. The number of rotatable bonds is 10. The van der Waals surface area contributed by atoms with Gasteiger partial charge in [0, 0.05) is 37.0 Å². The lowest BCUT2D eigenvalue weighted by atomic mass is 10.1. The number of nitrogens with zero attached hydrogens (tertiary/aromatic N) is 2. The van der Waals surface area contributed by atoms with Crippen LogP contribution < -0.4 is 5.32 Å². The summed E-state index contributed by atoms with van der Waals surface area (Å²) in [5.74, 6) is -1.16. The molecule has 2 aromatic heterocycles. The van der Waals surface area contributed by atoms with Crippen molar-refractivity contribution in [2.75, 3.05) is 5.32 Å². The third kappa shape index (κ3) is 11.3. The summed E-state index contributed by atoms with van der Waals surface area (Å²) < 4.78 is 0. The van der Waals surface area contributed by atoms with Crippen molar-refractivity contribution in [3.63, 3.8) is 0 Å². The average molecular weight is 387 g/mol. The van der Waals surface area contributed by atoms with E-state index in [1.54, 1.807) is 42.9 Å². The first-order chi connectivity index (χ1) is 13.5. The molecule has 0 aliphatic rings. The molecule has 0 saturated heterocycles. The number of pyridine rings is 2. The molecule has 2 rings (SSSR count). The number of carbonyl (C=O) groups is 3. The lowest BCUT2D eigenvalue weighted by Crippen LogP contribution is -2.12. The summed E-state index contributed by atoms with van der Waals surface area (Å²) in [5.41, 5.74) is 0.565. The Morgan fingerprint density at radius 1 is 0.786 bits per heavy atom. The topological polar surface area (TPSA) is 129 Å². The molecule has 0 fully saturated rings. The summed E-state index contributed by atoms with van der Waals surface area (Å²) in [6.07, 6.45) is 9.31. The second-order valence-electron chi connectivity index (χ2n) is 5.96. The molecule has 0 aromatic carbocycles. The Kier molecular flexibility index (Phi) is 11.3. The van der Waals surface area contributed by atoms with Crippen LogP contribution in [0.2, 0.25) is 0 Å². The molecule has 2 heterocycles. The summed E-state index contributed by atoms with van der Waals surface area (Å²) in [6.45, 7) is 0. The highest BCUT2D eigenvalue weighted by molar-refractivity contribution is 6.03. The number of carbonyl (C=O) groups excluding carboxylic acids is 1. The summed E-state index contributed by atoms with van der Waals surface area (Å²) in [7, 11) is 0. The number of hydrogen-bond donors (Lipinski definition) is 3. The normalized spacial score (nSPS) is 9.71. The molecule has 0 spiro atoms. The third-order valence-corrected chi connectivity index (χ3v) is 3.63. The van der Waals surface area contributed by atoms with Gasteiger partial charge in [-0.1, -0.05) is 25.3 Å². The maximum atomic E-state index is 11.6. The van der Waals surface area contributed by atoms with Crippen molar-refractivity contribution in [3.05, 3.63) is 54.5 Å². The fourth-order valence-corrected chi connectivity index (χ4v) is 2.21. The molecule has 28 heavy (non-hydrogen) atoms. The molecular formula is C20H25N3O5. The van der Waals surface area contributed by atoms with Crippen LogP contribution in [0.3, 0.4) is 0 Å². The number of hydrogen-bond acceptors (Lipinski definition) is 5. The minimum Gasteiger partial charge on any atom is -0.481 e. The van der Waals surface area contributed by atoms with Crippen LogP contribution in [0.1, 0.15) is 55.3 Å². The Bertz CT molecular complexity index is 705. The van der Waals surface area contributed by atoms with Gasteiger partial charge in [0.25, 0.3) is 5.91 Å². The molecule has 0 aliphatic heterocycles. The molecule has 8 heteroatoms. The first-order valence-electron chi connectivity index (χ1n) is 9.05. The Labute approximate surface area is 163 Å². The van der Waals surface area contributed by atoms with Crippen molar-refractivity contribution in [1.29, 1.82) is 0 Å². The molecule has 0 atom stereocenters. The monoisotopic (exact) mass is 387 g/mol.